The van der Waals surface area contributed by atoms with E-state index in [-0.39, 0.29) is 6.42 Å². The molecule has 5 heteroatoms. The van der Waals surface area contributed by atoms with Crippen LogP contribution < -0.4 is 0 Å². The third-order valence-electron chi connectivity index (χ3n) is 3.35. The molecule has 0 unspecified atom stereocenters. The molecule has 1 saturated carbocycles. The summed E-state index contributed by atoms with van der Waals surface area (Å²) in [6.45, 7) is 0. The Morgan fingerprint density at radius 1 is 1.35 bits per heavy atom. The van der Waals surface area contributed by atoms with Gasteiger partial charge in [0.15, 0.2) is 0 Å². The Balaban J connectivity index is 1.90. The molecule has 1 N–H and O–H groups in total. The van der Waals surface area contributed by atoms with Crippen molar-refractivity contribution in [3.8, 4) is 10.6 Å². The summed E-state index contributed by atoms with van der Waals surface area (Å²) in [5, 5.41) is 10.5. The molecule has 0 spiro atoms. The van der Waals surface area contributed by atoms with Crippen molar-refractivity contribution in [1.29, 1.82) is 0 Å². The zero-order valence-electron chi connectivity index (χ0n) is 10.8. The summed E-state index contributed by atoms with van der Waals surface area (Å²) < 4.78 is 0. The Kier molecular flexibility index (Phi) is 3.76. The molecule has 0 atom stereocenters. The first-order valence-corrected chi connectivity index (χ1v) is 7.80. The number of nitrogens with zero attached hydrogens (tertiary/aromatic N) is 1. The second-order valence-corrected chi connectivity index (χ2v) is 6.52. The topological polar surface area (TPSA) is 50.2 Å². The fourth-order valence-corrected chi connectivity index (χ4v) is 3.43. The average Bonchev–Trinajstić information content (AvgIpc) is 3.18. The number of aromatic nitrogens is 1. The van der Waals surface area contributed by atoms with Gasteiger partial charge in [0.05, 0.1) is 12.1 Å². The van der Waals surface area contributed by atoms with Gasteiger partial charge < -0.3 is 5.11 Å². The molecule has 3 nitrogen and oxygen atoms in total. The van der Waals surface area contributed by atoms with Crippen LogP contribution in [0, 0.1) is 0 Å². The standard InChI is InChI=1S/C15H14ClNO2S/c16-11-5-3-10(4-6-11)15-17-14(9-1-2-9)12(20-15)7-8-13(18)19/h3-6,9H,1-2,7-8H2,(H,18,19). The number of hydrogen-bond acceptors (Lipinski definition) is 3. The molecule has 0 radical (unpaired) electrons. The Hall–Kier alpha value is -1.39. The Labute approximate surface area is 126 Å². The van der Waals surface area contributed by atoms with Gasteiger partial charge in [-0.05, 0) is 31.4 Å². The van der Waals surface area contributed by atoms with Crippen LogP contribution in [-0.2, 0) is 11.2 Å². The van der Waals surface area contributed by atoms with E-state index in [1.807, 2.05) is 24.3 Å². The minimum absolute atomic E-state index is 0.169. The van der Waals surface area contributed by atoms with Crippen LogP contribution in [0.25, 0.3) is 10.6 Å². The van der Waals surface area contributed by atoms with Gasteiger partial charge in [-0.3, -0.25) is 4.79 Å². The minimum atomic E-state index is -0.756. The van der Waals surface area contributed by atoms with Crippen LogP contribution in [0.15, 0.2) is 24.3 Å². The molecule has 1 aliphatic carbocycles. The van der Waals surface area contributed by atoms with E-state index >= 15 is 0 Å². The predicted molar refractivity (Wildman–Crippen MR) is 80.5 cm³/mol. The first-order valence-electron chi connectivity index (χ1n) is 6.61. The van der Waals surface area contributed by atoms with Crippen LogP contribution in [0.5, 0.6) is 0 Å². The summed E-state index contributed by atoms with van der Waals surface area (Å²) in [6, 6.07) is 7.62. The fourth-order valence-electron chi connectivity index (χ4n) is 2.15. The van der Waals surface area contributed by atoms with Crippen LogP contribution in [0.3, 0.4) is 0 Å². The number of rotatable bonds is 5. The summed E-state index contributed by atoms with van der Waals surface area (Å²) in [6.07, 6.45) is 3.09. The number of hydrogen-bond donors (Lipinski definition) is 1. The molecule has 20 heavy (non-hydrogen) atoms. The van der Waals surface area contributed by atoms with Gasteiger partial charge >= 0.3 is 5.97 Å². The van der Waals surface area contributed by atoms with Crippen molar-refractivity contribution in [3.63, 3.8) is 0 Å². The lowest BCUT2D eigenvalue weighted by molar-refractivity contribution is -0.136. The highest BCUT2D eigenvalue weighted by Crippen LogP contribution is 2.44. The molecule has 1 fully saturated rings. The highest BCUT2D eigenvalue weighted by atomic mass is 35.5. The molecule has 0 aliphatic heterocycles. The highest BCUT2D eigenvalue weighted by molar-refractivity contribution is 7.15. The third kappa shape index (κ3) is 3.02. The van der Waals surface area contributed by atoms with Crippen molar-refractivity contribution >= 4 is 28.9 Å². The van der Waals surface area contributed by atoms with Crippen LogP contribution in [0.4, 0.5) is 0 Å². The summed E-state index contributed by atoms with van der Waals surface area (Å²) in [5.74, 6) is -0.218. The summed E-state index contributed by atoms with van der Waals surface area (Å²) in [7, 11) is 0. The van der Waals surface area contributed by atoms with Crippen molar-refractivity contribution in [2.75, 3.05) is 0 Å². The Bertz CT molecular complexity index is 632. The lowest BCUT2D eigenvalue weighted by Crippen LogP contribution is -1.98. The molecule has 2 aromatic rings. The number of aryl methyl sites for hydroxylation is 1. The molecule has 1 aromatic heterocycles. The number of carboxylic acid groups (broad SMARTS) is 1. The number of halogens is 1. The zero-order chi connectivity index (χ0) is 14.1. The molecule has 1 aliphatic rings. The van der Waals surface area contributed by atoms with Gasteiger partial charge in [-0.25, -0.2) is 4.98 Å². The van der Waals surface area contributed by atoms with E-state index in [4.69, 9.17) is 21.7 Å². The van der Waals surface area contributed by atoms with Gasteiger partial charge in [0.25, 0.3) is 0 Å². The van der Waals surface area contributed by atoms with Crippen molar-refractivity contribution < 1.29 is 9.90 Å². The molecule has 104 valence electrons. The van der Waals surface area contributed by atoms with Gasteiger partial charge in [-0.1, -0.05) is 23.7 Å². The van der Waals surface area contributed by atoms with Gasteiger partial charge in [-0.2, -0.15) is 0 Å². The highest BCUT2D eigenvalue weighted by Gasteiger charge is 2.29. The van der Waals surface area contributed by atoms with Crippen LogP contribution in [-0.4, -0.2) is 16.1 Å². The van der Waals surface area contributed by atoms with Crippen molar-refractivity contribution in [1.82, 2.24) is 4.98 Å². The maximum Gasteiger partial charge on any atom is 0.303 e. The minimum Gasteiger partial charge on any atom is -0.481 e. The molecule has 1 heterocycles. The van der Waals surface area contributed by atoms with Gasteiger partial charge in [0, 0.05) is 21.4 Å². The zero-order valence-corrected chi connectivity index (χ0v) is 12.4. The van der Waals surface area contributed by atoms with Crippen LogP contribution in [0.1, 0.15) is 35.8 Å². The molecule has 0 amide bonds. The smallest absolute Gasteiger partial charge is 0.303 e. The number of aliphatic carboxylic acids is 1. The van der Waals surface area contributed by atoms with E-state index in [2.05, 4.69) is 0 Å². The predicted octanol–water partition coefficient (Wildman–Crippen LogP) is 4.36. The summed E-state index contributed by atoms with van der Waals surface area (Å²) >= 11 is 7.51. The van der Waals surface area contributed by atoms with E-state index in [9.17, 15) is 4.79 Å². The summed E-state index contributed by atoms with van der Waals surface area (Å²) in [5.41, 5.74) is 2.16. The fraction of sp³-hybridized carbons (Fsp3) is 0.333. The molecule has 1 aromatic carbocycles. The van der Waals surface area contributed by atoms with Crippen LogP contribution in [0.2, 0.25) is 5.02 Å². The maximum atomic E-state index is 10.8. The quantitative estimate of drug-likeness (QED) is 0.893. The average molecular weight is 308 g/mol. The number of thiazole rings is 1. The number of carbonyl (C=O) groups is 1. The molecule has 0 bridgehead atoms. The summed E-state index contributed by atoms with van der Waals surface area (Å²) in [4.78, 5) is 16.6. The normalized spacial score (nSPS) is 14.4. The van der Waals surface area contributed by atoms with E-state index in [0.717, 1.165) is 21.1 Å². The van der Waals surface area contributed by atoms with E-state index in [1.165, 1.54) is 12.8 Å². The maximum absolute atomic E-state index is 10.8. The lowest BCUT2D eigenvalue weighted by atomic mass is 10.2. The Morgan fingerprint density at radius 3 is 2.65 bits per heavy atom. The Morgan fingerprint density at radius 2 is 2.05 bits per heavy atom. The van der Waals surface area contributed by atoms with Crippen molar-refractivity contribution in [2.24, 2.45) is 0 Å². The monoisotopic (exact) mass is 307 g/mol. The molecular formula is C15H14ClNO2S. The second-order valence-electron chi connectivity index (χ2n) is 5.00. The van der Waals surface area contributed by atoms with Crippen LogP contribution >= 0.6 is 22.9 Å². The number of benzene rings is 1. The first-order chi connectivity index (χ1) is 9.63. The molecule has 0 saturated heterocycles. The van der Waals surface area contributed by atoms with E-state index < -0.39 is 5.97 Å². The number of carboxylic acids is 1. The molecular weight excluding hydrogens is 294 g/mol. The SMILES string of the molecule is O=C(O)CCc1sc(-c2ccc(Cl)cc2)nc1C1CC1. The van der Waals surface area contributed by atoms with Gasteiger partial charge in [0.2, 0.25) is 0 Å². The van der Waals surface area contributed by atoms with Crippen molar-refractivity contribution in [2.45, 2.75) is 31.6 Å². The van der Waals surface area contributed by atoms with Gasteiger partial charge in [0.1, 0.15) is 5.01 Å². The van der Waals surface area contributed by atoms with E-state index in [1.54, 1.807) is 11.3 Å². The van der Waals surface area contributed by atoms with Gasteiger partial charge in [-0.15, -0.1) is 11.3 Å². The largest absolute Gasteiger partial charge is 0.481 e. The first kappa shape index (κ1) is 13.6. The second kappa shape index (κ2) is 5.54. The van der Waals surface area contributed by atoms with E-state index in [0.29, 0.717) is 17.4 Å². The molecule has 3 rings (SSSR count). The third-order valence-corrected chi connectivity index (χ3v) is 4.78. The lowest BCUT2D eigenvalue weighted by Gasteiger charge is -1.97. The van der Waals surface area contributed by atoms with Crippen molar-refractivity contribution in [3.05, 3.63) is 39.9 Å².